The van der Waals surface area contributed by atoms with Gasteiger partial charge in [-0.1, -0.05) is 54.9 Å². The largest absolute Gasteiger partial charge is 0.331 e. The Kier molecular flexibility index (Phi) is 5.55. The molecule has 0 aliphatic heterocycles. The van der Waals surface area contributed by atoms with E-state index in [2.05, 4.69) is 10.6 Å². The first-order valence-electron chi connectivity index (χ1n) is 7.02. The molecule has 4 nitrogen and oxygen atoms in total. The number of carbonyl (C=O) groups is 2. The molecule has 2 aromatic rings. The van der Waals surface area contributed by atoms with E-state index >= 15 is 0 Å². The van der Waals surface area contributed by atoms with E-state index in [4.69, 9.17) is 11.6 Å². The van der Waals surface area contributed by atoms with Crippen molar-refractivity contribution in [3.05, 3.63) is 70.7 Å². The fourth-order valence-electron chi connectivity index (χ4n) is 2.11. The van der Waals surface area contributed by atoms with E-state index in [9.17, 15) is 9.59 Å². The summed E-state index contributed by atoms with van der Waals surface area (Å²) in [7, 11) is 0. The molecular formula is C17H17ClN2O2. The van der Waals surface area contributed by atoms with Crippen molar-refractivity contribution in [1.29, 1.82) is 0 Å². The number of urea groups is 1. The molecule has 114 valence electrons. The zero-order chi connectivity index (χ0) is 15.9. The Bertz CT molecular complexity index is 659. The lowest BCUT2D eigenvalue weighted by Gasteiger charge is -2.17. The Morgan fingerprint density at radius 3 is 2.45 bits per heavy atom. The van der Waals surface area contributed by atoms with Crippen molar-refractivity contribution in [2.45, 2.75) is 19.4 Å². The van der Waals surface area contributed by atoms with Crippen LogP contribution >= 0.6 is 11.6 Å². The molecule has 0 saturated heterocycles. The molecule has 2 rings (SSSR count). The Morgan fingerprint density at radius 1 is 1.09 bits per heavy atom. The van der Waals surface area contributed by atoms with Crippen molar-refractivity contribution in [3.63, 3.8) is 0 Å². The number of benzene rings is 2. The number of halogens is 1. The lowest BCUT2D eigenvalue weighted by molar-refractivity contribution is 0.0963. The van der Waals surface area contributed by atoms with Crippen LogP contribution in [0.1, 0.15) is 35.3 Å². The molecule has 22 heavy (non-hydrogen) atoms. The fourth-order valence-corrected chi connectivity index (χ4v) is 2.30. The van der Waals surface area contributed by atoms with Crippen LogP contribution in [-0.2, 0) is 0 Å². The third-order valence-electron chi connectivity index (χ3n) is 3.23. The lowest BCUT2D eigenvalue weighted by Crippen LogP contribution is -2.41. The summed E-state index contributed by atoms with van der Waals surface area (Å²) < 4.78 is 0. The predicted molar refractivity (Wildman–Crippen MR) is 86.9 cm³/mol. The molecular weight excluding hydrogens is 300 g/mol. The highest BCUT2D eigenvalue weighted by Crippen LogP contribution is 2.15. The summed E-state index contributed by atoms with van der Waals surface area (Å²) in [5, 5.41) is 5.55. The number of hydrogen-bond donors (Lipinski definition) is 2. The number of nitrogens with one attached hydrogen (secondary N) is 2. The van der Waals surface area contributed by atoms with E-state index in [0.717, 1.165) is 12.0 Å². The zero-order valence-corrected chi connectivity index (χ0v) is 12.9. The van der Waals surface area contributed by atoms with Crippen molar-refractivity contribution >= 4 is 23.5 Å². The first-order valence-corrected chi connectivity index (χ1v) is 7.40. The third-order valence-corrected chi connectivity index (χ3v) is 3.46. The van der Waals surface area contributed by atoms with Crippen LogP contribution in [0.25, 0.3) is 0 Å². The molecule has 0 saturated carbocycles. The van der Waals surface area contributed by atoms with Gasteiger partial charge in [-0.15, -0.1) is 0 Å². The third kappa shape index (κ3) is 4.33. The Labute approximate surface area is 134 Å². The predicted octanol–water partition coefficient (Wildman–Crippen LogP) is 3.93. The maximum absolute atomic E-state index is 12.0. The van der Waals surface area contributed by atoms with Gasteiger partial charge in [0.1, 0.15) is 0 Å². The van der Waals surface area contributed by atoms with Crippen molar-refractivity contribution in [1.82, 2.24) is 10.6 Å². The van der Waals surface area contributed by atoms with Crippen LogP contribution < -0.4 is 10.6 Å². The molecule has 0 radical (unpaired) electrons. The summed E-state index contributed by atoms with van der Waals surface area (Å²) in [5.41, 5.74) is 1.34. The minimum Gasteiger partial charge on any atom is -0.331 e. The van der Waals surface area contributed by atoms with Crippen LogP contribution in [0.5, 0.6) is 0 Å². The number of amides is 3. The normalized spacial score (nSPS) is 11.5. The van der Waals surface area contributed by atoms with Gasteiger partial charge in [0.15, 0.2) is 0 Å². The smallest absolute Gasteiger partial charge is 0.322 e. The van der Waals surface area contributed by atoms with E-state index in [0.29, 0.717) is 10.6 Å². The number of rotatable bonds is 4. The van der Waals surface area contributed by atoms with Gasteiger partial charge in [0.05, 0.1) is 6.04 Å². The lowest BCUT2D eigenvalue weighted by atomic mass is 10.1. The molecule has 2 N–H and O–H groups in total. The summed E-state index contributed by atoms with van der Waals surface area (Å²) in [5.74, 6) is -0.483. The minimum absolute atomic E-state index is 0.145. The van der Waals surface area contributed by atoms with Gasteiger partial charge in [-0.05, 0) is 30.2 Å². The number of hydrogen-bond acceptors (Lipinski definition) is 2. The van der Waals surface area contributed by atoms with Gasteiger partial charge in [-0.3, -0.25) is 10.1 Å². The van der Waals surface area contributed by atoms with Gasteiger partial charge in [-0.25, -0.2) is 4.79 Å². The molecule has 2 aromatic carbocycles. The second kappa shape index (κ2) is 7.61. The van der Waals surface area contributed by atoms with Crippen molar-refractivity contribution in [3.8, 4) is 0 Å². The van der Waals surface area contributed by atoms with Crippen LogP contribution in [0.15, 0.2) is 54.6 Å². The summed E-state index contributed by atoms with van der Waals surface area (Å²) in [6, 6.07) is 15.4. The van der Waals surface area contributed by atoms with Gasteiger partial charge < -0.3 is 5.32 Å². The Balaban J connectivity index is 1.98. The average molecular weight is 317 g/mol. The maximum Gasteiger partial charge on any atom is 0.322 e. The molecule has 0 aromatic heterocycles. The highest BCUT2D eigenvalue weighted by molar-refractivity contribution is 6.31. The summed E-state index contributed by atoms with van der Waals surface area (Å²) in [4.78, 5) is 24.0. The van der Waals surface area contributed by atoms with Gasteiger partial charge in [0.25, 0.3) is 5.91 Å². The van der Waals surface area contributed by atoms with Gasteiger partial charge in [0, 0.05) is 10.6 Å². The molecule has 0 spiro atoms. The van der Waals surface area contributed by atoms with E-state index in [1.54, 1.807) is 18.2 Å². The van der Waals surface area contributed by atoms with Crippen molar-refractivity contribution in [2.75, 3.05) is 0 Å². The molecule has 0 heterocycles. The molecule has 1 unspecified atom stereocenters. The van der Waals surface area contributed by atoms with E-state index < -0.39 is 11.9 Å². The Hall–Kier alpha value is -2.33. The topological polar surface area (TPSA) is 58.2 Å². The van der Waals surface area contributed by atoms with Gasteiger partial charge in [0.2, 0.25) is 0 Å². The zero-order valence-electron chi connectivity index (χ0n) is 12.2. The van der Waals surface area contributed by atoms with Crippen molar-refractivity contribution in [2.24, 2.45) is 0 Å². The second-order valence-corrected chi connectivity index (χ2v) is 5.25. The standard InChI is InChI=1S/C17H17ClN2O2/c1-2-15(12-7-4-3-5-8-12)19-17(22)20-16(21)13-9-6-10-14(18)11-13/h3-11,15H,2H2,1H3,(H2,19,20,21,22). The number of carbonyl (C=O) groups excluding carboxylic acids is 2. The SMILES string of the molecule is CCC(NC(=O)NC(=O)c1cccc(Cl)c1)c1ccccc1. The Morgan fingerprint density at radius 2 is 1.82 bits per heavy atom. The van der Waals surface area contributed by atoms with Crippen LogP contribution in [0.2, 0.25) is 5.02 Å². The van der Waals surface area contributed by atoms with Gasteiger partial charge in [-0.2, -0.15) is 0 Å². The van der Waals surface area contributed by atoms with Gasteiger partial charge >= 0.3 is 6.03 Å². The quantitative estimate of drug-likeness (QED) is 0.898. The van der Waals surface area contributed by atoms with Crippen molar-refractivity contribution < 1.29 is 9.59 Å². The molecule has 3 amide bonds. The molecule has 0 fully saturated rings. The minimum atomic E-state index is -0.527. The summed E-state index contributed by atoms with van der Waals surface area (Å²) in [6.45, 7) is 1.97. The number of imide groups is 1. The van der Waals surface area contributed by atoms with Crippen LogP contribution in [0.3, 0.4) is 0 Å². The molecule has 0 aliphatic carbocycles. The average Bonchev–Trinajstić information content (AvgIpc) is 2.53. The highest BCUT2D eigenvalue weighted by atomic mass is 35.5. The van der Waals surface area contributed by atoms with E-state index in [1.165, 1.54) is 6.07 Å². The first kappa shape index (κ1) is 16.0. The first-order chi connectivity index (χ1) is 10.6. The summed E-state index contributed by atoms with van der Waals surface area (Å²) in [6.07, 6.45) is 0.725. The van der Waals surface area contributed by atoms with Crippen LogP contribution in [0, 0.1) is 0 Å². The maximum atomic E-state index is 12.0. The monoisotopic (exact) mass is 316 g/mol. The molecule has 5 heteroatoms. The second-order valence-electron chi connectivity index (χ2n) is 4.81. The van der Waals surface area contributed by atoms with E-state index in [-0.39, 0.29) is 6.04 Å². The van der Waals surface area contributed by atoms with Crippen LogP contribution in [0.4, 0.5) is 4.79 Å². The molecule has 1 atom stereocenters. The van der Waals surface area contributed by atoms with E-state index in [1.807, 2.05) is 37.3 Å². The molecule has 0 aliphatic rings. The van der Waals surface area contributed by atoms with Crippen LogP contribution in [-0.4, -0.2) is 11.9 Å². The molecule has 0 bridgehead atoms. The summed E-state index contributed by atoms with van der Waals surface area (Å²) >= 11 is 5.83. The fraction of sp³-hybridized carbons (Fsp3) is 0.176. The highest BCUT2D eigenvalue weighted by Gasteiger charge is 2.15.